The maximum Gasteiger partial charge on any atom is 0.262 e. The van der Waals surface area contributed by atoms with E-state index in [0.717, 1.165) is 12.8 Å². The molecule has 0 saturated carbocycles. The molecule has 0 spiro atoms. The number of imide groups is 1. The Morgan fingerprint density at radius 3 is 2.33 bits per heavy atom. The average molecular weight is 287 g/mol. The lowest BCUT2D eigenvalue weighted by atomic mass is 10.0. The van der Waals surface area contributed by atoms with Gasteiger partial charge in [-0.15, -0.1) is 0 Å². The summed E-state index contributed by atoms with van der Waals surface area (Å²) in [6.45, 7) is 0.793. The Kier molecular flexibility index (Phi) is 3.47. The van der Waals surface area contributed by atoms with E-state index in [-0.39, 0.29) is 18.5 Å². The van der Waals surface area contributed by atoms with Gasteiger partial charge in [0.05, 0.1) is 23.8 Å². The average Bonchev–Trinajstić information content (AvgIpc) is 2.73. The largest absolute Gasteiger partial charge is 0.368 e. The highest BCUT2D eigenvalue weighted by atomic mass is 16.2. The summed E-state index contributed by atoms with van der Waals surface area (Å²) >= 11 is 0. The minimum absolute atomic E-state index is 0.125. The fourth-order valence-corrected chi connectivity index (χ4v) is 3.03. The van der Waals surface area contributed by atoms with Crippen molar-refractivity contribution < 1.29 is 14.4 Å². The predicted octanol–water partition coefficient (Wildman–Crippen LogP) is 0.580. The molecule has 1 atom stereocenters. The molecular formula is C15H17N3O3. The zero-order chi connectivity index (χ0) is 15.0. The van der Waals surface area contributed by atoms with Gasteiger partial charge in [0.25, 0.3) is 11.8 Å². The molecule has 3 rings (SSSR count). The highest BCUT2D eigenvalue weighted by Gasteiger charge is 2.38. The molecule has 2 heterocycles. The number of amides is 3. The summed E-state index contributed by atoms with van der Waals surface area (Å²) in [6, 6.07) is 6.37. The number of hydrogen-bond donors (Lipinski definition) is 1. The Balaban J connectivity index is 1.81. The number of benzene rings is 1. The van der Waals surface area contributed by atoms with Gasteiger partial charge in [-0.2, -0.15) is 0 Å². The fraction of sp³-hybridized carbons (Fsp3) is 0.400. The van der Waals surface area contributed by atoms with Gasteiger partial charge in [-0.05, 0) is 25.0 Å². The maximum atomic E-state index is 12.3. The van der Waals surface area contributed by atoms with Gasteiger partial charge in [0.15, 0.2) is 0 Å². The lowest BCUT2D eigenvalue weighted by molar-refractivity contribution is -0.125. The van der Waals surface area contributed by atoms with Crippen LogP contribution in [-0.2, 0) is 4.79 Å². The molecule has 2 aliphatic rings. The van der Waals surface area contributed by atoms with Crippen LogP contribution in [-0.4, -0.2) is 46.8 Å². The minimum atomic E-state index is -0.400. The molecule has 3 amide bonds. The molecule has 6 heteroatoms. The van der Waals surface area contributed by atoms with Crippen LogP contribution >= 0.6 is 0 Å². The standard InChI is InChI=1S/C15H17N3O3/c16-13(19)12-7-3-4-8-17(12)9-18-14(20)10-5-1-2-6-11(10)15(18)21/h1-2,5-6,12H,3-4,7-9H2,(H2,16,19). The van der Waals surface area contributed by atoms with E-state index in [1.807, 2.05) is 4.90 Å². The van der Waals surface area contributed by atoms with Crippen molar-refractivity contribution >= 4 is 17.7 Å². The molecule has 0 bridgehead atoms. The van der Waals surface area contributed by atoms with Crippen LogP contribution in [0.25, 0.3) is 0 Å². The van der Waals surface area contributed by atoms with Crippen LogP contribution in [0.3, 0.4) is 0 Å². The monoisotopic (exact) mass is 287 g/mol. The van der Waals surface area contributed by atoms with Crippen LogP contribution in [0.1, 0.15) is 40.0 Å². The third-order valence-corrected chi connectivity index (χ3v) is 4.14. The van der Waals surface area contributed by atoms with E-state index in [1.165, 1.54) is 4.90 Å². The molecule has 110 valence electrons. The lowest BCUT2D eigenvalue weighted by Crippen LogP contribution is -2.52. The number of likely N-dealkylation sites (tertiary alicyclic amines) is 1. The van der Waals surface area contributed by atoms with E-state index in [1.54, 1.807) is 24.3 Å². The quantitative estimate of drug-likeness (QED) is 0.824. The first-order valence-electron chi connectivity index (χ1n) is 7.08. The molecule has 21 heavy (non-hydrogen) atoms. The molecule has 0 aromatic heterocycles. The highest BCUT2D eigenvalue weighted by Crippen LogP contribution is 2.24. The Bertz CT molecular complexity index is 579. The van der Waals surface area contributed by atoms with Crippen molar-refractivity contribution in [3.63, 3.8) is 0 Å². The molecule has 1 aromatic rings. The Morgan fingerprint density at radius 1 is 1.14 bits per heavy atom. The molecule has 1 fully saturated rings. The van der Waals surface area contributed by atoms with Crippen LogP contribution in [0.15, 0.2) is 24.3 Å². The number of nitrogens with zero attached hydrogens (tertiary/aromatic N) is 2. The summed E-state index contributed by atoms with van der Waals surface area (Å²) in [5, 5.41) is 0. The lowest BCUT2D eigenvalue weighted by Gasteiger charge is -2.35. The van der Waals surface area contributed by atoms with Crippen LogP contribution in [0.4, 0.5) is 0 Å². The molecule has 1 aromatic carbocycles. The number of nitrogens with two attached hydrogens (primary N) is 1. The van der Waals surface area contributed by atoms with E-state index in [2.05, 4.69) is 0 Å². The molecule has 1 saturated heterocycles. The van der Waals surface area contributed by atoms with Gasteiger partial charge in [-0.25, -0.2) is 0 Å². The summed E-state index contributed by atoms with van der Waals surface area (Å²) < 4.78 is 0. The number of carbonyl (C=O) groups is 3. The van der Waals surface area contributed by atoms with E-state index in [4.69, 9.17) is 5.73 Å². The first-order valence-corrected chi connectivity index (χ1v) is 7.08. The zero-order valence-electron chi connectivity index (χ0n) is 11.6. The normalized spacial score (nSPS) is 22.5. The summed E-state index contributed by atoms with van der Waals surface area (Å²) in [5.41, 5.74) is 6.27. The van der Waals surface area contributed by atoms with Crippen LogP contribution in [0.2, 0.25) is 0 Å². The predicted molar refractivity (Wildman–Crippen MR) is 75.3 cm³/mol. The number of piperidine rings is 1. The third-order valence-electron chi connectivity index (χ3n) is 4.14. The van der Waals surface area contributed by atoms with E-state index >= 15 is 0 Å². The summed E-state index contributed by atoms with van der Waals surface area (Å²) in [6.07, 6.45) is 2.55. The summed E-state index contributed by atoms with van der Waals surface area (Å²) in [5.74, 6) is -1.000. The smallest absolute Gasteiger partial charge is 0.262 e. The zero-order valence-corrected chi connectivity index (χ0v) is 11.6. The Morgan fingerprint density at radius 2 is 1.76 bits per heavy atom. The minimum Gasteiger partial charge on any atom is -0.368 e. The van der Waals surface area contributed by atoms with Crippen molar-refractivity contribution in [2.24, 2.45) is 5.73 Å². The molecule has 6 nitrogen and oxygen atoms in total. The summed E-state index contributed by atoms with van der Waals surface area (Å²) in [4.78, 5) is 39.2. The number of carbonyl (C=O) groups excluding carboxylic acids is 3. The van der Waals surface area contributed by atoms with Crippen molar-refractivity contribution in [2.45, 2.75) is 25.3 Å². The third kappa shape index (κ3) is 2.31. The molecule has 2 aliphatic heterocycles. The van der Waals surface area contributed by atoms with E-state index < -0.39 is 11.9 Å². The van der Waals surface area contributed by atoms with E-state index in [0.29, 0.717) is 24.1 Å². The number of primary amides is 1. The van der Waals surface area contributed by atoms with Crippen molar-refractivity contribution in [1.82, 2.24) is 9.80 Å². The highest BCUT2D eigenvalue weighted by molar-refractivity contribution is 6.21. The van der Waals surface area contributed by atoms with Gasteiger partial charge < -0.3 is 5.73 Å². The maximum absolute atomic E-state index is 12.3. The van der Waals surface area contributed by atoms with Crippen molar-refractivity contribution in [3.05, 3.63) is 35.4 Å². The van der Waals surface area contributed by atoms with Gasteiger partial charge in [0.2, 0.25) is 5.91 Å². The van der Waals surface area contributed by atoms with E-state index in [9.17, 15) is 14.4 Å². The second-order valence-electron chi connectivity index (χ2n) is 5.45. The van der Waals surface area contributed by atoms with Crippen LogP contribution in [0.5, 0.6) is 0 Å². The van der Waals surface area contributed by atoms with Gasteiger partial charge in [0, 0.05) is 6.54 Å². The Labute approximate surface area is 122 Å². The Hall–Kier alpha value is -2.21. The fourth-order valence-electron chi connectivity index (χ4n) is 3.03. The van der Waals surface area contributed by atoms with Gasteiger partial charge in [-0.3, -0.25) is 24.2 Å². The second kappa shape index (κ2) is 5.29. The number of rotatable bonds is 3. The number of hydrogen-bond acceptors (Lipinski definition) is 4. The van der Waals surface area contributed by atoms with Gasteiger partial charge in [0.1, 0.15) is 0 Å². The van der Waals surface area contributed by atoms with Gasteiger partial charge in [-0.1, -0.05) is 18.6 Å². The molecule has 2 N–H and O–H groups in total. The molecule has 0 radical (unpaired) electrons. The van der Waals surface area contributed by atoms with Crippen LogP contribution in [0, 0.1) is 0 Å². The van der Waals surface area contributed by atoms with Crippen LogP contribution < -0.4 is 5.73 Å². The molecule has 1 unspecified atom stereocenters. The second-order valence-corrected chi connectivity index (χ2v) is 5.45. The first-order chi connectivity index (χ1) is 10.1. The topological polar surface area (TPSA) is 83.7 Å². The van der Waals surface area contributed by atoms with Crippen molar-refractivity contribution in [3.8, 4) is 0 Å². The van der Waals surface area contributed by atoms with Crippen molar-refractivity contribution in [2.75, 3.05) is 13.2 Å². The molecule has 0 aliphatic carbocycles. The van der Waals surface area contributed by atoms with Crippen molar-refractivity contribution in [1.29, 1.82) is 0 Å². The summed E-state index contributed by atoms with van der Waals surface area (Å²) in [7, 11) is 0. The molecular weight excluding hydrogens is 270 g/mol. The first kappa shape index (κ1) is 13.8. The van der Waals surface area contributed by atoms with Gasteiger partial charge >= 0.3 is 0 Å². The SMILES string of the molecule is NC(=O)C1CCCCN1CN1C(=O)c2ccccc2C1=O. The number of fused-ring (bicyclic) bond motifs is 1.